The van der Waals surface area contributed by atoms with Crippen LogP contribution in [0.1, 0.15) is 41.4 Å². The van der Waals surface area contributed by atoms with Crippen LogP contribution >= 0.6 is 12.4 Å². The van der Waals surface area contributed by atoms with Crippen molar-refractivity contribution in [1.29, 1.82) is 0 Å². The standard InChI is InChI=1S/C20H26N6O.ClH/c27-20(26-10-7-17(13-26)25-11-8-21-9-12-25)16-5-3-15(4-6-16)19-22-18(23-24-19)14-1-2-14;/h3-6,14,17,21H,1-2,7-13H2,(H,22,23,24);1H. The Morgan fingerprint density at radius 1 is 1.04 bits per heavy atom. The summed E-state index contributed by atoms with van der Waals surface area (Å²) in [6, 6.07) is 8.23. The fourth-order valence-corrected chi connectivity index (χ4v) is 4.16. The molecule has 0 radical (unpaired) electrons. The van der Waals surface area contributed by atoms with Crippen LogP contribution in [0.4, 0.5) is 0 Å². The molecule has 2 saturated heterocycles. The number of hydrogen-bond acceptors (Lipinski definition) is 5. The molecule has 1 aromatic carbocycles. The van der Waals surface area contributed by atoms with Crippen molar-refractivity contribution in [3.63, 3.8) is 0 Å². The number of nitrogens with one attached hydrogen (secondary N) is 2. The van der Waals surface area contributed by atoms with Gasteiger partial charge in [-0.15, -0.1) is 12.4 Å². The quantitative estimate of drug-likeness (QED) is 0.816. The number of nitrogens with zero attached hydrogens (tertiary/aromatic N) is 4. The lowest BCUT2D eigenvalue weighted by atomic mass is 10.1. The predicted molar refractivity (Wildman–Crippen MR) is 110 cm³/mol. The van der Waals surface area contributed by atoms with Crippen LogP contribution in [0.2, 0.25) is 0 Å². The largest absolute Gasteiger partial charge is 0.337 e. The lowest BCUT2D eigenvalue weighted by Gasteiger charge is -2.32. The summed E-state index contributed by atoms with van der Waals surface area (Å²) in [5.41, 5.74) is 1.70. The van der Waals surface area contributed by atoms with Gasteiger partial charge in [0, 0.05) is 62.4 Å². The SMILES string of the molecule is Cl.O=C(c1ccc(-c2n[nH]c(C3CC3)n2)cc1)N1CCC(N2CCNCC2)C1. The van der Waals surface area contributed by atoms with E-state index >= 15 is 0 Å². The zero-order chi connectivity index (χ0) is 18.2. The Bertz CT molecular complexity index is 812. The van der Waals surface area contributed by atoms with Crippen molar-refractivity contribution in [2.24, 2.45) is 0 Å². The van der Waals surface area contributed by atoms with Crippen molar-refractivity contribution in [3.05, 3.63) is 35.7 Å². The minimum Gasteiger partial charge on any atom is -0.337 e. The average molecular weight is 403 g/mol. The van der Waals surface area contributed by atoms with Gasteiger partial charge in [0.15, 0.2) is 5.82 Å². The zero-order valence-electron chi connectivity index (χ0n) is 15.9. The summed E-state index contributed by atoms with van der Waals surface area (Å²) in [7, 11) is 0. The summed E-state index contributed by atoms with van der Waals surface area (Å²) in [6.45, 7) is 5.96. The fraction of sp³-hybridized carbons (Fsp3) is 0.550. The molecule has 1 aliphatic carbocycles. The summed E-state index contributed by atoms with van der Waals surface area (Å²) in [6.07, 6.45) is 3.48. The van der Waals surface area contributed by atoms with Crippen molar-refractivity contribution in [1.82, 2.24) is 30.3 Å². The molecule has 150 valence electrons. The highest BCUT2D eigenvalue weighted by Crippen LogP contribution is 2.38. The van der Waals surface area contributed by atoms with E-state index in [1.807, 2.05) is 29.2 Å². The van der Waals surface area contributed by atoms with Gasteiger partial charge in [0.1, 0.15) is 5.82 Å². The molecule has 1 atom stereocenters. The Balaban J connectivity index is 0.00000192. The van der Waals surface area contributed by atoms with Crippen LogP contribution in [0.5, 0.6) is 0 Å². The Morgan fingerprint density at radius 2 is 1.79 bits per heavy atom. The van der Waals surface area contributed by atoms with Gasteiger partial charge in [-0.25, -0.2) is 4.98 Å². The molecule has 8 heteroatoms. The first kappa shape index (κ1) is 19.4. The van der Waals surface area contributed by atoms with Crippen LogP contribution in [-0.4, -0.2) is 76.2 Å². The minimum absolute atomic E-state index is 0. The second-order valence-electron chi connectivity index (χ2n) is 7.88. The number of amides is 1. The number of rotatable bonds is 4. The first-order valence-electron chi connectivity index (χ1n) is 10.0. The molecule has 3 heterocycles. The van der Waals surface area contributed by atoms with Gasteiger partial charge in [-0.05, 0) is 31.4 Å². The second kappa shape index (κ2) is 8.19. The maximum atomic E-state index is 12.9. The van der Waals surface area contributed by atoms with E-state index in [2.05, 4.69) is 25.4 Å². The third-order valence-corrected chi connectivity index (χ3v) is 5.98. The Hall–Kier alpha value is -1.96. The maximum Gasteiger partial charge on any atom is 0.253 e. The Morgan fingerprint density at radius 3 is 2.50 bits per heavy atom. The number of aromatic amines is 1. The van der Waals surface area contributed by atoms with Gasteiger partial charge < -0.3 is 10.2 Å². The fourth-order valence-electron chi connectivity index (χ4n) is 4.16. The van der Waals surface area contributed by atoms with Crippen LogP contribution in [0.15, 0.2) is 24.3 Å². The zero-order valence-corrected chi connectivity index (χ0v) is 16.7. The molecular formula is C20H27ClN6O. The van der Waals surface area contributed by atoms with Crippen molar-refractivity contribution in [2.75, 3.05) is 39.3 Å². The molecule has 2 N–H and O–H groups in total. The summed E-state index contributed by atoms with van der Waals surface area (Å²) in [4.78, 5) is 22.0. The van der Waals surface area contributed by atoms with Gasteiger partial charge in [-0.3, -0.25) is 14.8 Å². The van der Waals surface area contributed by atoms with Crippen LogP contribution < -0.4 is 5.32 Å². The number of piperazine rings is 1. The molecule has 0 bridgehead atoms. The number of hydrogen-bond donors (Lipinski definition) is 2. The number of benzene rings is 1. The van der Waals surface area contributed by atoms with Crippen molar-refractivity contribution in [2.45, 2.75) is 31.2 Å². The van der Waals surface area contributed by atoms with E-state index in [1.165, 1.54) is 12.8 Å². The highest BCUT2D eigenvalue weighted by molar-refractivity contribution is 5.94. The van der Waals surface area contributed by atoms with Crippen LogP contribution in [-0.2, 0) is 0 Å². The summed E-state index contributed by atoms with van der Waals surface area (Å²) >= 11 is 0. The second-order valence-corrected chi connectivity index (χ2v) is 7.88. The monoisotopic (exact) mass is 402 g/mol. The predicted octanol–water partition coefficient (Wildman–Crippen LogP) is 1.89. The lowest BCUT2D eigenvalue weighted by molar-refractivity contribution is 0.0773. The Kier molecular flexibility index (Phi) is 5.66. The number of H-pyrrole nitrogens is 1. The van der Waals surface area contributed by atoms with Gasteiger partial charge in [-0.1, -0.05) is 12.1 Å². The van der Waals surface area contributed by atoms with Crippen molar-refractivity contribution in [3.8, 4) is 11.4 Å². The minimum atomic E-state index is 0. The first-order valence-corrected chi connectivity index (χ1v) is 10.0. The van der Waals surface area contributed by atoms with Crippen LogP contribution in [0.25, 0.3) is 11.4 Å². The van der Waals surface area contributed by atoms with Gasteiger partial charge >= 0.3 is 0 Å². The molecule has 2 aliphatic heterocycles. The molecule has 3 fully saturated rings. The van der Waals surface area contributed by atoms with E-state index in [0.717, 1.165) is 68.5 Å². The van der Waals surface area contributed by atoms with E-state index in [4.69, 9.17) is 0 Å². The summed E-state index contributed by atoms with van der Waals surface area (Å²) in [5, 5.41) is 10.8. The van der Waals surface area contributed by atoms with E-state index in [0.29, 0.717) is 12.0 Å². The number of aromatic nitrogens is 3. The van der Waals surface area contributed by atoms with E-state index < -0.39 is 0 Å². The number of likely N-dealkylation sites (tertiary alicyclic amines) is 1. The van der Waals surface area contributed by atoms with E-state index in [1.54, 1.807) is 0 Å². The first-order chi connectivity index (χ1) is 13.3. The number of halogens is 1. The Labute approximate surface area is 171 Å². The molecular weight excluding hydrogens is 376 g/mol. The molecule has 5 rings (SSSR count). The number of carbonyl (C=O) groups is 1. The van der Waals surface area contributed by atoms with Gasteiger partial charge in [0.25, 0.3) is 5.91 Å². The van der Waals surface area contributed by atoms with Crippen LogP contribution in [0, 0.1) is 0 Å². The average Bonchev–Trinajstić information content (AvgIpc) is 3.26. The molecule has 1 amide bonds. The smallest absolute Gasteiger partial charge is 0.253 e. The van der Waals surface area contributed by atoms with Crippen molar-refractivity contribution < 1.29 is 4.79 Å². The van der Waals surface area contributed by atoms with Gasteiger partial charge in [0.2, 0.25) is 0 Å². The molecule has 28 heavy (non-hydrogen) atoms. The summed E-state index contributed by atoms with van der Waals surface area (Å²) in [5.74, 6) is 2.40. The third kappa shape index (κ3) is 3.92. The van der Waals surface area contributed by atoms with Gasteiger partial charge in [-0.2, -0.15) is 5.10 Å². The molecule has 0 spiro atoms. The molecule has 2 aromatic rings. The highest BCUT2D eigenvalue weighted by atomic mass is 35.5. The van der Waals surface area contributed by atoms with Crippen molar-refractivity contribution >= 4 is 18.3 Å². The molecule has 1 saturated carbocycles. The van der Waals surface area contributed by atoms with Gasteiger partial charge in [0.05, 0.1) is 0 Å². The van der Waals surface area contributed by atoms with Crippen LogP contribution in [0.3, 0.4) is 0 Å². The highest BCUT2D eigenvalue weighted by Gasteiger charge is 2.31. The maximum absolute atomic E-state index is 12.9. The normalized spacial score (nSPS) is 22.9. The molecule has 7 nitrogen and oxygen atoms in total. The van der Waals surface area contributed by atoms with E-state index in [-0.39, 0.29) is 18.3 Å². The summed E-state index contributed by atoms with van der Waals surface area (Å²) < 4.78 is 0. The van der Waals surface area contributed by atoms with E-state index in [9.17, 15) is 4.79 Å². The number of carbonyl (C=O) groups excluding carboxylic acids is 1. The topological polar surface area (TPSA) is 77.2 Å². The molecule has 3 aliphatic rings. The third-order valence-electron chi connectivity index (χ3n) is 5.98. The molecule has 1 unspecified atom stereocenters. The lowest BCUT2D eigenvalue weighted by Crippen LogP contribution is -2.49. The molecule has 1 aromatic heterocycles.